The number of ether oxygens (including phenoxy) is 1. The van der Waals surface area contributed by atoms with E-state index in [0.717, 1.165) is 11.3 Å². The number of esters is 1. The van der Waals surface area contributed by atoms with E-state index in [1.54, 1.807) is 30.3 Å². The van der Waals surface area contributed by atoms with Gasteiger partial charge in [0, 0.05) is 11.4 Å². The molecule has 1 aromatic heterocycles. The molecule has 1 heterocycles. The van der Waals surface area contributed by atoms with Crippen LogP contribution in [-0.2, 0) is 0 Å². The molecule has 1 aromatic carbocycles. The molecule has 0 saturated heterocycles. The fraction of sp³-hybridized carbons (Fsp3) is 0. The van der Waals surface area contributed by atoms with Gasteiger partial charge in [-0.25, -0.2) is 4.79 Å². The normalized spacial score (nSPS) is 9.88. The third-order valence-corrected chi connectivity index (χ3v) is 2.84. The number of benzene rings is 1. The third kappa shape index (κ3) is 2.67. The first-order valence-corrected chi connectivity index (χ1v) is 5.55. The summed E-state index contributed by atoms with van der Waals surface area (Å²) in [5, 5.41) is 11.8. The van der Waals surface area contributed by atoms with Gasteiger partial charge in [0.15, 0.2) is 0 Å². The lowest BCUT2D eigenvalue weighted by atomic mass is 10.3. The molecular formula is C11H7NO4S. The van der Waals surface area contributed by atoms with Crippen LogP contribution < -0.4 is 4.74 Å². The predicted molar refractivity (Wildman–Crippen MR) is 62.4 cm³/mol. The number of rotatable bonds is 3. The van der Waals surface area contributed by atoms with Crippen molar-refractivity contribution in [3.05, 3.63) is 57.5 Å². The van der Waals surface area contributed by atoms with E-state index in [1.165, 1.54) is 11.4 Å². The lowest BCUT2D eigenvalue weighted by Crippen LogP contribution is -2.06. The van der Waals surface area contributed by atoms with Crippen LogP contribution in [0.3, 0.4) is 0 Å². The van der Waals surface area contributed by atoms with Crippen molar-refractivity contribution in [3.8, 4) is 5.75 Å². The smallest absolute Gasteiger partial charge is 0.344 e. The number of para-hydroxylation sites is 1. The van der Waals surface area contributed by atoms with E-state index in [9.17, 15) is 14.9 Å². The topological polar surface area (TPSA) is 69.4 Å². The molecule has 0 aliphatic rings. The number of hydrogen-bond acceptors (Lipinski definition) is 5. The van der Waals surface area contributed by atoms with E-state index in [2.05, 4.69) is 0 Å². The quantitative estimate of drug-likeness (QED) is 0.363. The SMILES string of the molecule is O=C(Oc1ccccc1)c1csc([N+](=O)[O-])c1. The van der Waals surface area contributed by atoms with Crippen molar-refractivity contribution < 1.29 is 14.5 Å². The van der Waals surface area contributed by atoms with Gasteiger partial charge in [-0.1, -0.05) is 29.5 Å². The van der Waals surface area contributed by atoms with Crippen LogP contribution in [0.2, 0.25) is 0 Å². The molecule has 0 fully saturated rings. The number of carbonyl (C=O) groups is 1. The molecule has 5 nitrogen and oxygen atoms in total. The minimum absolute atomic E-state index is 0.0787. The molecule has 86 valence electrons. The Hall–Kier alpha value is -2.21. The monoisotopic (exact) mass is 249 g/mol. The van der Waals surface area contributed by atoms with Gasteiger partial charge in [-0.15, -0.1) is 0 Å². The molecule has 2 rings (SSSR count). The van der Waals surface area contributed by atoms with Crippen LogP contribution in [0, 0.1) is 10.1 Å². The van der Waals surface area contributed by atoms with E-state index < -0.39 is 10.9 Å². The molecule has 0 saturated carbocycles. The van der Waals surface area contributed by atoms with Crippen LogP contribution in [0.25, 0.3) is 0 Å². The van der Waals surface area contributed by atoms with Crippen molar-refractivity contribution in [1.82, 2.24) is 0 Å². The summed E-state index contributed by atoms with van der Waals surface area (Å²) >= 11 is 0.897. The number of hydrogen-bond donors (Lipinski definition) is 0. The van der Waals surface area contributed by atoms with E-state index in [4.69, 9.17) is 4.74 Å². The summed E-state index contributed by atoms with van der Waals surface area (Å²) in [7, 11) is 0. The number of nitro groups is 1. The van der Waals surface area contributed by atoms with Gasteiger partial charge in [-0.3, -0.25) is 10.1 Å². The van der Waals surface area contributed by atoms with Crippen LogP contribution in [0.15, 0.2) is 41.8 Å². The average molecular weight is 249 g/mol. The molecule has 0 bridgehead atoms. The summed E-state index contributed by atoms with van der Waals surface area (Å²) in [6, 6.07) is 9.75. The Morgan fingerprint density at radius 3 is 2.59 bits per heavy atom. The number of nitrogens with zero attached hydrogens (tertiary/aromatic N) is 1. The molecule has 0 radical (unpaired) electrons. The summed E-state index contributed by atoms with van der Waals surface area (Å²) in [6.45, 7) is 0. The van der Waals surface area contributed by atoms with E-state index >= 15 is 0 Å². The molecule has 0 amide bonds. The third-order valence-electron chi connectivity index (χ3n) is 1.96. The van der Waals surface area contributed by atoms with E-state index in [0.29, 0.717) is 5.75 Å². The van der Waals surface area contributed by atoms with Gasteiger partial charge in [0.25, 0.3) is 0 Å². The Labute approximate surface area is 100 Å². The predicted octanol–water partition coefficient (Wildman–Crippen LogP) is 2.88. The molecule has 0 aliphatic heterocycles. The van der Waals surface area contributed by atoms with Crippen molar-refractivity contribution in [1.29, 1.82) is 0 Å². The molecular weight excluding hydrogens is 242 g/mol. The second-order valence-electron chi connectivity index (χ2n) is 3.13. The van der Waals surface area contributed by atoms with Gasteiger partial charge in [0.2, 0.25) is 0 Å². The highest BCUT2D eigenvalue weighted by atomic mass is 32.1. The molecule has 6 heteroatoms. The van der Waals surface area contributed by atoms with Crippen LogP contribution >= 0.6 is 11.3 Å². The molecule has 0 unspecified atom stereocenters. The Morgan fingerprint density at radius 2 is 2.00 bits per heavy atom. The lowest BCUT2D eigenvalue weighted by molar-refractivity contribution is -0.380. The van der Waals surface area contributed by atoms with Crippen LogP contribution in [0.5, 0.6) is 5.75 Å². The summed E-state index contributed by atoms with van der Waals surface area (Å²) in [4.78, 5) is 21.5. The van der Waals surface area contributed by atoms with Gasteiger partial charge >= 0.3 is 11.0 Å². The van der Waals surface area contributed by atoms with E-state index in [1.807, 2.05) is 0 Å². The summed E-state index contributed by atoms with van der Waals surface area (Å²) in [6.07, 6.45) is 0. The Morgan fingerprint density at radius 1 is 1.29 bits per heavy atom. The van der Waals surface area contributed by atoms with Gasteiger partial charge in [0.1, 0.15) is 5.75 Å². The van der Waals surface area contributed by atoms with E-state index in [-0.39, 0.29) is 10.6 Å². The fourth-order valence-electron chi connectivity index (χ4n) is 1.18. The van der Waals surface area contributed by atoms with Crippen molar-refractivity contribution in [2.45, 2.75) is 0 Å². The Bertz CT molecular complexity index is 550. The molecule has 0 atom stereocenters. The highest BCUT2D eigenvalue weighted by Crippen LogP contribution is 2.23. The minimum Gasteiger partial charge on any atom is -0.423 e. The first-order chi connectivity index (χ1) is 8.16. The summed E-state index contributed by atoms with van der Waals surface area (Å²) < 4.78 is 5.04. The summed E-state index contributed by atoms with van der Waals surface area (Å²) in [5.41, 5.74) is 0.186. The number of thiophene rings is 1. The van der Waals surface area contributed by atoms with Crippen LogP contribution in [-0.4, -0.2) is 10.9 Å². The van der Waals surface area contributed by atoms with Crippen molar-refractivity contribution in [2.75, 3.05) is 0 Å². The van der Waals surface area contributed by atoms with Crippen molar-refractivity contribution in [2.24, 2.45) is 0 Å². The zero-order chi connectivity index (χ0) is 12.3. The Balaban J connectivity index is 2.12. The Kier molecular flexibility index (Phi) is 3.15. The molecule has 0 N–H and O–H groups in total. The fourth-order valence-corrected chi connectivity index (χ4v) is 1.88. The highest BCUT2D eigenvalue weighted by Gasteiger charge is 2.16. The molecule has 0 spiro atoms. The van der Waals surface area contributed by atoms with Gasteiger partial charge < -0.3 is 4.74 Å². The van der Waals surface area contributed by atoms with Gasteiger partial charge in [-0.05, 0) is 12.1 Å². The largest absolute Gasteiger partial charge is 0.423 e. The van der Waals surface area contributed by atoms with Crippen LogP contribution in [0.1, 0.15) is 10.4 Å². The molecule has 2 aromatic rings. The average Bonchev–Trinajstić information content (AvgIpc) is 2.79. The van der Waals surface area contributed by atoms with Crippen molar-refractivity contribution >= 4 is 22.3 Å². The second-order valence-corrected chi connectivity index (χ2v) is 4.02. The standard InChI is InChI=1S/C11H7NO4S/c13-11(16-9-4-2-1-3-5-9)8-6-10(12(14)15)17-7-8/h1-7H. The van der Waals surface area contributed by atoms with Gasteiger partial charge in [0.05, 0.1) is 10.5 Å². The minimum atomic E-state index is -0.597. The maximum Gasteiger partial charge on any atom is 0.344 e. The summed E-state index contributed by atoms with van der Waals surface area (Å²) in [5.74, 6) is -0.188. The first-order valence-electron chi connectivity index (χ1n) is 4.67. The lowest BCUT2D eigenvalue weighted by Gasteiger charge is -2.00. The maximum absolute atomic E-state index is 11.6. The molecule has 0 aliphatic carbocycles. The first kappa shape index (κ1) is 11.3. The number of carbonyl (C=O) groups excluding carboxylic acids is 1. The van der Waals surface area contributed by atoms with Crippen molar-refractivity contribution in [3.63, 3.8) is 0 Å². The van der Waals surface area contributed by atoms with Crippen LogP contribution in [0.4, 0.5) is 5.00 Å². The highest BCUT2D eigenvalue weighted by molar-refractivity contribution is 7.13. The van der Waals surface area contributed by atoms with Gasteiger partial charge in [-0.2, -0.15) is 0 Å². The zero-order valence-corrected chi connectivity index (χ0v) is 9.35. The maximum atomic E-state index is 11.6. The molecule has 17 heavy (non-hydrogen) atoms. The second kappa shape index (κ2) is 4.75. The zero-order valence-electron chi connectivity index (χ0n) is 8.53.